The molecule has 0 radical (unpaired) electrons. The molecule has 4 N–H and O–H groups in total. The van der Waals surface area contributed by atoms with Crippen molar-refractivity contribution in [3.8, 4) is 11.5 Å². The largest absolute Gasteiger partial charge is 0.494 e. The predicted octanol–water partition coefficient (Wildman–Crippen LogP) is 2.09. The molecule has 0 aliphatic carbocycles. The summed E-state index contributed by atoms with van der Waals surface area (Å²) in [5.74, 6) is 1.57. The van der Waals surface area contributed by atoms with Gasteiger partial charge in [-0.1, -0.05) is 12.1 Å². The molecular weight excluding hydrogens is 709 g/mol. The van der Waals surface area contributed by atoms with Gasteiger partial charge < -0.3 is 49.7 Å². The summed E-state index contributed by atoms with van der Waals surface area (Å²) in [6.45, 7) is 14.3. The van der Waals surface area contributed by atoms with Crippen LogP contribution in [0.2, 0.25) is 51.4 Å². The molecule has 0 saturated heterocycles. The molecular formula is C26H56N2O9Si8. The summed E-state index contributed by atoms with van der Waals surface area (Å²) in [5, 5.41) is 0. The van der Waals surface area contributed by atoms with Crippen LogP contribution in [-0.2, 0) is 28.8 Å². The third-order valence-electron chi connectivity index (χ3n) is 6.21. The van der Waals surface area contributed by atoms with E-state index >= 15 is 0 Å². The Morgan fingerprint density at radius 1 is 0.733 bits per heavy atom. The van der Waals surface area contributed by atoms with Gasteiger partial charge in [-0.3, -0.25) is 0 Å². The number of benzene rings is 2. The Hall–Kier alpha value is -0.905. The van der Waals surface area contributed by atoms with Crippen molar-refractivity contribution in [1.29, 1.82) is 0 Å². The lowest BCUT2D eigenvalue weighted by Crippen LogP contribution is -2.56. The second kappa shape index (κ2) is 21.1. The van der Waals surface area contributed by atoms with E-state index in [4.69, 9.17) is 49.7 Å². The molecule has 2 atom stereocenters. The normalized spacial score (nSPS) is 15.1. The maximum Gasteiger partial charge on any atom is 0.317 e. The molecule has 0 amide bonds. The lowest BCUT2D eigenvalue weighted by atomic mass is 10.3. The summed E-state index contributed by atoms with van der Waals surface area (Å²) >= 11 is 0. The third kappa shape index (κ3) is 19.5. The minimum absolute atomic E-state index is 0.600. The van der Waals surface area contributed by atoms with Crippen LogP contribution in [0.4, 0.5) is 11.4 Å². The number of unbranched alkanes of at least 4 members (excludes halogenated alkanes) is 2. The average molecular weight is 765 g/mol. The quantitative estimate of drug-likeness (QED) is 0.0875. The van der Waals surface area contributed by atoms with Crippen molar-refractivity contribution in [3.05, 3.63) is 48.5 Å². The van der Waals surface area contributed by atoms with Gasteiger partial charge in [0.1, 0.15) is 22.0 Å². The van der Waals surface area contributed by atoms with Gasteiger partial charge in [0, 0.05) is 23.5 Å². The third-order valence-corrected chi connectivity index (χ3v) is 25.2. The van der Waals surface area contributed by atoms with Crippen molar-refractivity contribution >= 4 is 86.6 Å². The number of hydrogen-bond acceptors (Lipinski definition) is 11. The first-order chi connectivity index (χ1) is 21.3. The van der Waals surface area contributed by atoms with Crippen molar-refractivity contribution in [1.82, 2.24) is 0 Å². The van der Waals surface area contributed by atoms with Gasteiger partial charge in [-0.05, 0) is 101 Å². The molecule has 45 heavy (non-hydrogen) atoms. The van der Waals surface area contributed by atoms with Crippen LogP contribution in [0.1, 0.15) is 25.7 Å². The number of nitrogens with two attached hydrogens (primary N) is 2. The summed E-state index contributed by atoms with van der Waals surface area (Å²) < 4.78 is 55.5. The van der Waals surface area contributed by atoms with Gasteiger partial charge in [-0.15, -0.1) is 0 Å². The van der Waals surface area contributed by atoms with Crippen molar-refractivity contribution in [2.45, 2.75) is 77.1 Å². The average Bonchev–Trinajstić information content (AvgIpc) is 2.92. The number of hydrogen-bond donors (Lipinski definition) is 2. The van der Waals surface area contributed by atoms with E-state index in [1.54, 1.807) is 0 Å². The fourth-order valence-electron chi connectivity index (χ4n) is 4.75. The molecule has 0 heterocycles. The maximum atomic E-state index is 6.99. The highest BCUT2D eigenvalue weighted by Gasteiger charge is 2.43. The van der Waals surface area contributed by atoms with E-state index in [1.807, 2.05) is 48.5 Å². The van der Waals surface area contributed by atoms with Gasteiger partial charge in [-0.25, -0.2) is 0 Å². The Labute approximate surface area is 285 Å². The standard InChI is InChI=1S/C26H56N2O9Si8/c1-43(2,3)36-44(4,5)37-45(6,20-10-8-18-30-26-16-12-14-24(28)22-26)35-42(34-41-33-40-32-39-31-38)19-9-7-17-29-25-15-11-13-23(27)21-25/h11-16,21-22,42H,7-10,17-20,27-28,39-41H2,1-6,38H3. The van der Waals surface area contributed by atoms with Crippen molar-refractivity contribution in [3.63, 3.8) is 0 Å². The summed E-state index contributed by atoms with van der Waals surface area (Å²) in [4.78, 5) is 0. The number of rotatable bonds is 25. The van der Waals surface area contributed by atoms with E-state index in [1.165, 1.54) is 0 Å². The molecule has 0 spiro atoms. The molecule has 2 rings (SSSR count). The fourth-order valence-corrected chi connectivity index (χ4v) is 28.7. The van der Waals surface area contributed by atoms with E-state index in [2.05, 4.69) is 39.3 Å². The molecule has 11 nitrogen and oxygen atoms in total. The van der Waals surface area contributed by atoms with Gasteiger partial charge >= 0.3 is 26.4 Å². The molecule has 0 aliphatic heterocycles. The first-order valence-corrected chi connectivity index (χ1v) is 30.4. The van der Waals surface area contributed by atoms with Crippen molar-refractivity contribution in [2.75, 3.05) is 24.7 Å². The molecule has 0 aliphatic rings. The Morgan fingerprint density at radius 3 is 1.87 bits per heavy atom. The highest BCUT2D eigenvalue weighted by molar-refractivity contribution is 6.87. The number of anilines is 2. The number of ether oxygens (including phenoxy) is 2. The van der Waals surface area contributed by atoms with Gasteiger partial charge in [0.05, 0.1) is 13.2 Å². The second-order valence-electron chi connectivity index (χ2n) is 12.4. The summed E-state index contributed by atoms with van der Waals surface area (Å²) in [5.41, 5.74) is 13.2. The Kier molecular flexibility index (Phi) is 18.9. The lowest BCUT2D eigenvalue weighted by molar-refractivity contribution is 0.285. The highest BCUT2D eigenvalue weighted by atomic mass is 28.5. The minimum Gasteiger partial charge on any atom is -0.494 e. The molecule has 19 heteroatoms. The zero-order valence-electron chi connectivity index (χ0n) is 28.3. The predicted molar refractivity (Wildman–Crippen MR) is 204 cm³/mol. The van der Waals surface area contributed by atoms with Crippen molar-refractivity contribution in [2.24, 2.45) is 0 Å². The lowest BCUT2D eigenvalue weighted by Gasteiger charge is -2.40. The minimum atomic E-state index is -2.68. The fraction of sp³-hybridized carbons (Fsp3) is 0.538. The van der Waals surface area contributed by atoms with Crippen LogP contribution >= 0.6 is 0 Å². The molecule has 0 aromatic heterocycles. The van der Waals surface area contributed by atoms with Crippen LogP contribution in [0, 0.1) is 0 Å². The van der Waals surface area contributed by atoms with Gasteiger partial charge in [0.25, 0.3) is 30.0 Å². The highest BCUT2D eigenvalue weighted by Crippen LogP contribution is 2.27. The van der Waals surface area contributed by atoms with Crippen LogP contribution in [0.3, 0.4) is 0 Å². The molecule has 2 aromatic rings. The molecule has 0 saturated carbocycles. The van der Waals surface area contributed by atoms with E-state index in [0.717, 1.165) is 49.3 Å². The topological polar surface area (TPSA) is 135 Å². The molecule has 0 bridgehead atoms. The van der Waals surface area contributed by atoms with Gasteiger partial charge in [0.15, 0.2) is 8.32 Å². The van der Waals surface area contributed by atoms with E-state index in [0.29, 0.717) is 35.1 Å². The first-order valence-electron chi connectivity index (χ1n) is 15.6. The van der Waals surface area contributed by atoms with E-state index < -0.39 is 64.7 Å². The van der Waals surface area contributed by atoms with Gasteiger partial charge in [-0.2, -0.15) is 0 Å². The van der Waals surface area contributed by atoms with Crippen molar-refractivity contribution < 1.29 is 38.3 Å². The van der Waals surface area contributed by atoms with Crippen LogP contribution in [0.25, 0.3) is 0 Å². The molecule has 256 valence electrons. The smallest absolute Gasteiger partial charge is 0.317 e. The summed E-state index contributed by atoms with van der Waals surface area (Å²) in [6.07, 6.45) is 3.60. The van der Waals surface area contributed by atoms with Crippen LogP contribution < -0.4 is 20.9 Å². The Morgan fingerprint density at radius 2 is 1.31 bits per heavy atom. The van der Waals surface area contributed by atoms with Crippen LogP contribution in [0.15, 0.2) is 48.5 Å². The van der Waals surface area contributed by atoms with Gasteiger partial charge in [0.2, 0.25) is 0 Å². The van der Waals surface area contributed by atoms with Crippen LogP contribution in [-0.4, -0.2) is 88.4 Å². The zero-order valence-corrected chi connectivity index (χ0v) is 38.7. The SMILES string of the molecule is C[Si](C)(C)O[Si](C)(C)O[Si](C)(CCCCOc1cccc(N)c1)O[SiH](CCCCOc1cccc(N)c1)O[SiH2]O[SiH2]O[SiH2]O[SiH3]. The number of nitrogen functional groups attached to an aromatic ring is 2. The second-order valence-corrected chi connectivity index (χ2v) is 33.8. The monoisotopic (exact) mass is 764 g/mol. The maximum absolute atomic E-state index is 6.99. The van der Waals surface area contributed by atoms with E-state index in [-0.39, 0.29) is 0 Å². The Balaban J connectivity index is 2.03. The molecule has 2 aromatic carbocycles. The Bertz CT molecular complexity index is 1110. The zero-order chi connectivity index (χ0) is 33.2. The molecule has 0 fully saturated rings. The van der Waals surface area contributed by atoms with E-state index in [9.17, 15) is 0 Å². The summed E-state index contributed by atoms with van der Waals surface area (Å²) in [7, 11) is -11.5. The van der Waals surface area contributed by atoms with Crippen LogP contribution in [0.5, 0.6) is 11.5 Å². The first kappa shape index (κ1) is 40.3. The molecule has 2 unspecified atom stereocenters. The summed E-state index contributed by atoms with van der Waals surface area (Å²) in [6, 6.07) is 16.7.